The van der Waals surface area contributed by atoms with Crippen molar-refractivity contribution in [1.82, 2.24) is 0 Å². The molecule has 0 N–H and O–H groups in total. The third kappa shape index (κ3) is 1.84. The summed E-state index contributed by atoms with van der Waals surface area (Å²) in [5.41, 5.74) is 0.532. The van der Waals surface area contributed by atoms with Gasteiger partial charge in [0.25, 0.3) is 0 Å². The highest BCUT2D eigenvalue weighted by molar-refractivity contribution is 5.11. The van der Waals surface area contributed by atoms with Crippen LogP contribution < -0.4 is 0 Å². The maximum absolute atomic E-state index is 6.32. The van der Waals surface area contributed by atoms with Crippen LogP contribution in [0.2, 0.25) is 0 Å². The highest BCUT2D eigenvalue weighted by atomic mass is 16.6. The van der Waals surface area contributed by atoms with Gasteiger partial charge in [-0.3, -0.25) is 0 Å². The van der Waals surface area contributed by atoms with Crippen molar-refractivity contribution >= 4 is 0 Å². The van der Waals surface area contributed by atoms with Crippen LogP contribution >= 0.6 is 0 Å². The summed E-state index contributed by atoms with van der Waals surface area (Å²) in [5.74, 6) is 0.783. The van der Waals surface area contributed by atoms with Crippen molar-refractivity contribution in [3.63, 3.8) is 0 Å². The minimum Gasteiger partial charge on any atom is -0.372 e. The van der Waals surface area contributed by atoms with Crippen LogP contribution in [0.5, 0.6) is 0 Å². The summed E-state index contributed by atoms with van der Waals surface area (Å²) in [6, 6.07) is 0. The molecule has 3 atom stereocenters. The van der Waals surface area contributed by atoms with Crippen molar-refractivity contribution in [1.29, 1.82) is 0 Å². The van der Waals surface area contributed by atoms with Crippen LogP contribution in [0.15, 0.2) is 0 Å². The Morgan fingerprint density at radius 2 is 1.50 bits per heavy atom. The first kappa shape index (κ1) is 12.9. The van der Waals surface area contributed by atoms with Crippen molar-refractivity contribution < 1.29 is 9.47 Å². The zero-order chi connectivity index (χ0) is 12.9. The van der Waals surface area contributed by atoms with Crippen LogP contribution in [0.3, 0.4) is 0 Å². The smallest absolute Gasteiger partial charge is 0.0974 e. The Morgan fingerprint density at radius 3 is 2.00 bits per heavy atom. The Hall–Kier alpha value is -0.0800. The van der Waals surface area contributed by atoms with E-state index >= 15 is 0 Å². The number of hydrogen-bond donors (Lipinski definition) is 0. The summed E-state index contributed by atoms with van der Waals surface area (Å²) < 4.78 is 12.6. The third-order valence-corrected chi connectivity index (χ3v) is 5.73. The zero-order valence-electron chi connectivity index (χ0n) is 12.3. The largest absolute Gasteiger partial charge is 0.372 e. The van der Waals surface area contributed by atoms with Gasteiger partial charge in [-0.15, -0.1) is 0 Å². The number of rotatable bonds is 0. The maximum Gasteiger partial charge on any atom is 0.0974 e. The molecule has 0 aromatic rings. The molecule has 0 radical (unpaired) electrons. The Kier molecular flexibility index (Phi) is 3.02. The number of hydrogen-bond acceptors (Lipinski definition) is 2. The molecule has 2 nitrogen and oxygen atoms in total. The molecule has 2 spiro atoms. The lowest BCUT2D eigenvalue weighted by molar-refractivity contribution is -0.204. The van der Waals surface area contributed by atoms with Gasteiger partial charge in [0.05, 0.1) is 11.2 Å². The number of ether oxygens (including phenoxy) is 2. The van der Waals surface area contributed by atoms with Crippen LogP contribution in [0.4, 0.5) is 0 Å². The van der Waals surface area contributed by atoms with E-state index in [1.165, 1.54) is 44.9 Å². The van der Waals surface area contributed by atoms with Crippen molar-refractivity contribution in [2.24, 2.45) is 11.3 Å². The maximum atomic E-state index is 6.32. The Bertz CT molecular complexity index is 304. The summed E-state index contributed by atoms with van der Waals surface area (Å²) >= 11 is 0. The van der Waals surface area contributed by atoms with Gasteiger partial charge in [-0.1, -0.05) is 20.8 Å². The topological polar surface area (TPSA) is 18.5 Å². The minimum absolute atomic E-state index is 0.0553. The van der Waals surface area contributed by atoms with Crippen molar-refractivity contribution in [3.8, 4) is 0 Å². The fraction of sp³-hybridized carbons (Fsp3) is 1.00. The predicted molar refractivity (Wildman–Crippen MR) is 72.6 cm³/mol. The van der Waals surface area contributed by atoms with Gasteiger partial charge in [0.2, 0.25) is 0 Å². The second kappa shape index (κ2) is 4.21. The van der Waals surface area contributed by atoms with E-state index < -0.39 is 0 Å². The molecule has 0 aromatic heterocycles. The van der Waals surface area contributed by atoms with E-state index in [-0.39, 0.29) is 11.2 Å². The molecular formula is C16H28O2. The van der Waals surface area contributed by atoms with E-state index in [4.69, 9.17) is 9.47 Å². The molecule has 0 amide bonds. The molecule has 2 heterocycles. The SMILES string of the molecule is CC(C)(C)[C@H]1CC[C@@]2(CCCO2)[C@]2(CCCO2)C1. The molecule has 104 valence electrons. The van der Waals surface area contributed by atoms with Crippen LogP contribution in [0.1, 0.15) is 65.7 Å². The van der Waals surface area contributed by atoms with Crippen molar-refractivity contribution in [3.05, 3.63) is 0 Å². The van der Waals surface area contributed by atoms with E-state index in [9.17, 15) is 0 Å². The second-order valence-corrected chi connectivity index (χ2v) is 7.70. The van der Waals surface area contributed by atoms with Crippen LogP contribution in [-0.4, -0.2) is 24.4 Å². The van der Waals surface area contributed by atoms with Gasteiger partial charge in [-0.2, -0.15) is 0 Å². The summed E-state index contributed by atoms with van der Waals surface area (Å²) in [5, 5.41) is 0. The average Bonchev–Trinajstić information content (AvgIpc) is 2.91. The van der Waals surface area contributed by atoms with E-state index in [1.807, 2.05) is 0 Å². The van der Waals surface area contributed by atoms with Gasteiger partial charge in [0, 0.05) is 13.2 Å². The van der Waals surface area contributed by atoms with Gasteiger partial charge < -0.3 is 9.47 Å². The first-order chi connectivity index (χ1) is 8.48. The molecule has 1 aliphatic carbocycles. The van der Waals surface area contributed by atoms with Gasteiger partial charge in [-0.25, -0.2) is 0 Å². The molecule has 0 bridgehead atoms. The summed E-state index contributed by atoms with van der Waals surface area (Å²) in [4.78, 5) is 0. The third-order valence-electron chi connectivity index (χ3n) is 5.73. The van der Waals surface area contributed by atoms with Crippen molar-refractivity contribution in [2.45, 2.75) is 76.9 Å². The second-order valence-electron chi connectivity index (χ2n) is 7.70. The van der Waals surface area contributed by atoms with Gasteiger partial charge in [0.15, 0.2) is 0 Å². The van der Waals surface area contributed by atoms with Gasteiger partial charge in [0.1, 0.15) is 0 Å². The minimum atomic E-state index is 0.0553. The molecule has 3 rings (SSSR count). The number of fused-ring (bicyclic) bond motifs is 1. The molecule has 0 unspecified atom stereocenters. The van der Waals surface area contributed by atoms with E-state index in [2.05, 4.69) is 20.8 Å². The molecular weight excluding hydrogens is 224 g/mol. The zero-order valence-corrected chi connectivity index (χ0v) is 12.3. The fourth-order valence-electron chi connectivity index (χ4n) is 4.53. The van der Waals surface area contributed by atoms with Crippen LogP contribution in [0.25, 0.3) is 0 Å². The lowest BCUT2D eigenvalue weighted by atomic mass is 9.60. The summed E-state index contributed by atoms with van der Waals surface area (Å²) in [6.45, 7) is 9.04. The lowest BCUT2D eigenvalue weighted by Crippen LogP contribution is -2.58. The summed E-state index contributed by atoms with van der Waals surface area (Å²) in [7, 11) is 0. The van der Waals surface area contributed by atoms with E-state index in [0.29, 0.717) is 5.41 Å². The molecule has 2 saturated heterocycles. The Morgan fingerprint density at radius 1 is 0.889 bits per heavy atom. The monoisotopic (exact) mass is 252 g/mol. The van der Waals surface area contributed by atoms with Gasteiger partial charge in [-0.05, 0) is 56.3 Å². The first-order valence-corrected chi connectivity index (χ1v) is 7.75. The molecule has 2 heteroatoms. The van der Waals surface area contributed by atoms with Crippen LogP contribution in [-0.2, 0) is 9.47 Å². The molecule has 18 heavy (non-hydrogen) atoms. The molecule has 3 aliphatic rings. The fourth-order valence-corrected chi connectivity index (χ4v) is 4.53. The molecule has 1 saturated carbocycles. The quantitative estimate of drug-likeness (QED) is 0.650. The Labute approximate surface area is 111 Å². The van der Waals surface area contributed by atoms with E-state index in [1.54, 1.807) is 0 Å². The van der Waals surface area contributed by atoms with Crippen LogP contribution in [0, 0.1) is 11.3 Å². The van der Waals surface area contributed by atoms with E-state index in [0.717, 1.165) is 19.1 Å². The lowest BCUT2D eigenvalue weighted by Gasteiger charge is -2.53. The standard InChI is InChI=1S/C16H28O2/c1-14(2,3)13-6-9-15(7-4-10-17-15)16(12-13)8-5-11-18-16/h13H,4-12H2,1-3H3/t13-,15-,16-/m0/s1. The highest BCUT2D eigenvalue weighted by Gasteiger charge is 2.60. The normalized spacial score (nSPS) is 45.2. The molecule has 2 aliphatic heterocycles. The summed E-state index contributed by atoms with van der Waals surface area (Å²) in [6.07, 6.45) is 8.65. The Balaban J connectivity index is 1.87. The molecule has 0 aromatic carbocycles. The first-order valence-electron chi connectivity index (χ1n) is 7.75. The highest BCUT2D eigenvalue weighted by Crippen LogP contribution is 2.56. The average molecular weight is 252 g/mol. The molecule has 3 fully saturated rings. The van der Waals surface area contributed by atoms with Gasteiger partial charge >= 0.3 is 0 Å². The predicted octanol–water partition coefficient (Wildman–Crippen LogP) is 3.93. The van der Waals surface area contributed by atoms with Crippen molar-refractivity contribution in [2.75, 3.05) is 13.2 Å².